The van der Waals surface area contributed by atoms with E-state index in [0.717, 1.165) is 25.9 Å². The van der Waals surface area contributed by atoms with E-state index < -0.39 is 35.3 Å². The van der Waals surface area contributed by atoms with Crippen LogP contribution in [0.5, 0.6) is 0 Å². The van der Waals surface area contributed by atoms with Gasteiger partial charge in [0.25, 0.3) is 5.91 Å². The Hall–Kier alpha value is -3.20. The zero-order valence-corrected chi connectivity index (χ0v) is 21.3. The van der Waals surface area contributed by atoms with Crippen molar-refractivity contribution in [3.63, 3.8) is 0 Å². The van der Waals surface area contributed by atoms with Gasteiger partial charge in [0.05, 0.1) is 23.8 Å². The largest absolute Gasteiger partial charge is 0.443 e. The molecule has 0 radical (unpaired) electrons. The van der Waals surface area contributed by atoms with Gasteiger partial charge in [-0.25, -0.2) is 14.5 Å². The number of hydrogen-bond donors (Lipinski definition) is 0. The number of fused-ring (bicyclic) bond motifs is 5. The Labute approximate surface area is 202 Å². The van der Waals surface area contributed by atoms with Crippen LogP contribution in [0, 0.1) is 0 Å². The molecule has 0 saturated heterocycles. The smallest absolute Gasteiger partial charge is 0.417 e. The van der Waals surface area contributed by atoms with Gasteiger partial charge in [-0.2, -0.15) is 0 Å². The van der Waals surface area contributed by atoms with Crippen molar-refractivity contribution in [1.29, 1.82) is 0 Å². The zero-order chi connectivity index (χ0) is 25.0. The van der Waals surface area contributed by atoms with E-state index in [-0.39, 0.29) is 11.4 Å². The van der Waals surface area contributed by atoms with Crippen molar-refractivity contribution in [3.8, 4) is 0 Å². The van der Waals surface area contributed by atoms with Crippen LogP contribution >= 0.6 is 11.3 Å². The van der Waals surface area contributed by atoms with Crippen molar-refractivity contribution in [2.75, 3.05) is 11.4 Å². The minimum Gasteiger partial charge on any atom is -0.443 e. The van der Waals surface area contributed by atoms with Gasteiger partial charge in [0.2, 0.25) is 0 Å². The number of aromatic nitrogens is 1. The number of carbonyl (C=O) groups excluding carboxylic acids is 3. The summed E-state index contributed by atoms with van der Waals surface area (Å²) in [6, 6.07) is 6.85. The lowest BCUT2D eigenvalue weighted by atomic mass is 10.1. The molecule has 0 unspecified atom stereocenters. The third-order valence-electron chi connectivity index (χ3n) is 5.19. The Kier molecular flexibility index (Phi) is 5.80. The quantitative estimate of drug-likeness (QED) is 0.391. The minimum absolute atomic E-state index is 0.0649. The van der Waals surface area contributed by atoms with Crippen molar-refractivity contribution < 1.29 is 23.9 Å². The Balaban J connectivity index is 1.96. The second-order valence-electron chi connectivity index (χ2n) is 10.4. The molecule has 2 aromatic heterocycles. The van der Waals surface area contributed by atoms with Gasteiger partial charge in [0, 0.05) is 21.7 Å². The molecule has 0 spiro atoms. The Bertz CT molecular complexity index is 1300. The number of ether oxygens (including phenoxy) is 2. The molecule has 8 nitrogen and oxygen atoms in total. The summed E-state index contributed by atoms with van der Waals surface area (Å²) in [6.07, 6.45) is 0.369. The third-order valence-corrected chi connectivity index (χ3v) is 6.32. The molecule has 3 heterocycles. The fourth-order valence-electron chi connectivity index (χ4n) is 3.94. The monoisotopic (exact) mass is 483 g/mol. The van der Waals surface area contributed by atoms with Crippen molar-refractivity contribution in [2.45, 2.75) is 65.7 Å². The van der Waals surface area contributed by atoms with Crippen molar-refractivity contribution in [2.24, 2.45) is 0 Å². The lowest BCUT2D eigenvalue weighted by Gasteiger charge is -2.31. The van der Waals surface area contributed by atoms with Gasteiger partial charge >= 0.3 is 12.2 Å². The molecule has 9 heteroatoms. The van der Waals surface area contributed by atoms with Gasteiger partial charge in [-0.1, -0.05) is 6.07 Å². The van der Waals surface area contributed by atoms with Crippen molar-refractivity contribution in [1.82, 2.24) is 9.88 Å². The van der Waals surface area contributed by atoms with E-state index in [1.165, 1.54) is 16.2 Å². The lowest BCUT2D eigenvalue weighted by Crippen LogP contribution is -2.49. The summed E-state index contributed by atoms with van der Waals surface area (Å²) in [7, 11) is 0. The number of pyridine rings is 1. The van der Waals surface area contributed by atoms with E-state index in [1.807, 2.05) is 24.3 Å². The average Bonchev–Trinajstić information content (AvgIpc) is 3.04. The number of benzene rings is 1. The maximum atomic E-state index is 13.8. The number of rotatable bonds is 0. The molecule has 0 saturated carbocycles. The van der Waals surface area contributed by atoms with Crippen LogP contribution in [0.2, 0.25) is 0 Å². The first-order valence-corrected chi connectivity index (χ1v) is 12.0. The van der Waals surface area contributed by atoms with Crippen LogP contribution in [0.1, 0.15) is 58.1 Å². The van der Waals surface area contributed by atoms with Crippen LogP contribution in [0.4, 0.5) is 15.3 Å². The molecule has 34 heavy (non-hydrogen) atoms. The number of carbonyl (C=O) groups is 3. The van der Waals surface area contributed by atoms with Crippen LogP contribution in [0.25, 0.3) is 21.0 Å². The summed E-state index contributed by atoms with van der Waals surface area (Å²) >= 11 is 1.24. The van der Waals surface area contributed by atoms with Crippen LogP contribution < -0.4 is 4.90 Å². The average molecular weight is 484 g/mol. The minimum atomic E-state index is -0.779. The van der Waals surface area contributed by atoms with E-state index in [9.17, 15) is 14.4 Å². The van der Waals surface area contributed by atoms with E-state index in [4.69, 9.17) is 9.47 Å². The van der Waals surface area contributed by atoms with Gasteiger partial charge in [0.1, 0.15) is 16.1 Å². The molecule has 3 amide bonds. The number of anilines is 1. The van der Waals surface area contributed by atoms with Crippen LogP contribution in [0.3, 0.4) is 0 Å². The third kappa shape index (κ3) is 4.44. The van der Waals surface area contributed by atoms with E-state index in [0.29, 0.717) is 5.69 Å². The van der Waals surface area contributed by atoms with Crippen LogP contribution in [0.15, 0.2) is 30.5 Å². The lowest BCUT2D eigenvalue weighted by molar-refractivity contribution is 0.0182. The number of thiophene rings is 1. The first-order chi connectivity index (χ1) is 15.8. The Morgan fingerprint density at radius 3 is 2.32 bits per heavy atom. The number of imide groups is 1. The fraction of sp³-hybridized carbons (Fsp3) is 0.440. The predicted molar refractivity (Wildman–Crippen MR) is 133 cm³/mol. The molecule has 3 aromatic rings. The highest BCUT2D eigenvalue weighted by atomic mass is 32.1. The maximum absolute atomic E-state index is 13.8. The van der Waals surface area contributed by atoms with E-state index in [2.05, 4.69) is 4.98 Å². The topological polar surface area (TPSA) is 89.0 Å². The Morgan fingerprint density at radius 2 is 1.68 bits per heavy atom. The molecule has 0 N–H and O–H groups in total. The maximum Gasteiger partial charge on any atom is 0.417 e. The standard InChI is InChI=1S/C25H29N3O5S/c1-14-13-27(22(30)32-24(2,3)4)19-18-15-9-8-12-26-16(15)10-11-17(18)34-20(19)21(29)28(14)23(31)33-25(5,6)7/h8-12,14H,13H2,1-7H3/t14-/m1/s1. The molecular formula is C25H29N3O5S. The first kappa shape index (κ1) is 23.9. The molecule has 0 fully saturated rings. The second-order valence-corrected chi connectivity index (χ2v) is 11.4. The molecule has 1 atom stereocenters. The summed E-state index contributed by atoms with van der Waals surface area (Å²) in [5.74, 6) is -0.499. The highest BCUT2D eigenvalue weighted by Crippen LogP contribution is 2.44. The zero-order valence-electron chi connectivity index (χ0n) is 20.5. The summed E-state index contributed by atoms with van der Waals surface area (Å²) in [4.78, 5) is 47.5. The first-order valence-electron chi connectivity index (χ1n) is 11.1. The van der Waals surface area contributed by atoms with Gasteiger partial charge in [0.15, 0.2) is 0 Å². The number of nitrogens with zero attached hydrogens (tertiary/aromatic N) is 3. The van der Waals surface area contributed by atoms with E-state index in [1.54, 1.807) is 54.7 Å². The molecule has 1 aliphatic heterocycles. The molecule has 180 valence electrons. The summed E-state index contributed by atoms with van der Waals surface area (Å²) < 4.78 is 12.1. The molecule has 0 bridgehead atoms. The van der Waals surface area contributed by atoms with Crippen molar-refractivity contribution in [3.05, 3.63) is 35.3 Å². The number of hydrogen-bond acceptors (Lipinski definition) is 7. The predicted octanol–water partition coefficient (Wildman–Crippen LogP) is 5.97. The molecule has 1 aromatic carbocycles. The summed E-state index contributed by atoms with van der Waals surface area (Å²) in [5, 5.41) is 1.56. The highest BCUT2D eigenvalue weighted by molar-refractivity contribution is 7.21. The summed E-state index contributed by atoms with van der Waals surface area (Å²) in [5.41, 5.74) is -0.333. The fourth-order valence-corrected chi connectivity index (χ4v) is 5.10. The molecule has 4 rings (SSSR count). The molecular weight excluding hydrogens is 454 g/mol. The van der Waals surface area contributed by atoms with Gasteiger partial charge in [-0.3, -0.25) is 14.7 Å². The molecule has 0 aliphatic carbocycles. The SMILES string of the molecule is C[C@@H]1CN(C(=O)OC(C)(C)C)c2c(sc3ccc4ncccc4c23)C(=O)N1C(=O)OC(C)(C)C. The van der Waals surface area contributed by atoms with Gasteiger partial charge < -0.3 is 9.47 Å². The molecule has 1 aliphatic rings. The normalized spacial score (nSPS) is 17.0. The van der Waals surface area contributed by atoms with Crippen molar-refractivity contribution >= 4 is 56.1 Å². The highest BCUT2D eigenvalue weighted by Gasteiger charge is 2.42. The summed E-state index contributed by atoms with van der Waals surface area (Å²) in [6.45, 7) is 12.4. The Morgan fingerprint density at radius 1 is 1.03 bits per heavy atom. The van der Waals surface area contributed by atoms with Gasteiger partial charge in [-0.15, -0.1) is 11.3 Å². The second kappa shape index (κ2) is 8.23. The van der Waals surface area contributed by atoms with Crippen LogP contribution in [-0.2, 0) is 9.47 Å². The van der Waals surface area contributed by atoms with Gasteiger partial charge in [-0.05, 0) is 66.7 Å². The number of amides is 3. The van der Waals surface area contributed by atoms with Crippen LogP contribution in [-0.4, -0.2) is 51.8 Å². The van der Waals surface area contributed by atoms with E-state index >= 15 is 0 Å².